The molecule has 0 atom stereocenters. The highest BCUT2D eigenvalue weighted by molar-refractivity contribution is 7.09. The topological polar surface area (TPSA) is 53.5 Å². The normalized spacial score (nSPS) is 17.4. The van der Waals surface area contributed by atoms with E-state index in [9.17, 15) is 14.0 Å². The van der Waals surface area contributed by atoms with Gasteiger partial charge in [-0.25, -0.2) is 9.37 Å². The fraction of sp³-hybridized carbons (Fsp3) is 0.414. The van der Waals surface area contributed by atoms with Crippen LogP contribution in [0.25, 0.3) is 0 Å². The molecule has 2 aliphatic rings. The van der Waals surface area contributed by atoms with Gasteiger partial charge >= 0.3 is 0 Å². The van der Waals surface area contributed by atoms with Crippen LogP contribution in [0.3, 0.4) is 0 Å². The van der Waals surface area contributed by atoms with Gasteiger partial charge in [0.25, 0.3) is 5.91 Å². The van der Waals surface area contributed by atoms with Crippen LogP contribution >= 0.6 is 11.3 Å². The molecule has 2 aromatic carbocycles. The minimum absolute atomic E-state index is 0.0440. The van der Waals surface area contributed by atoms with Crippen LogP contribution in [0.5, 0.6) is 0 Å². The quantitative estimate of drug-likeness (QED) is 0.455. The van der Waals surface area contributed by atoms with E-state index in [0.717, 1.165) is 55.8 Å². The number of benzene rings is 2. The zero-order valence-electron chi connectivity index (χ0n) is 20.4. The summed E-state index contributed by atoms with van der Waals surface area (Å²) in [5.41, 5.74) is 2.76. The molecule has 188 valence electrons. The number of likely N-dealkylation sites (tertiary alicyclic amines) is 2. The Hall–Kier alpha value is -3.06. The number of hydrogen-bond donors (Lipinski definition) is 0. The molecule has 5 nitrogen and oxygen atoms in total. The summed E-state index contributed by atoms with van der Waals surface area (Å²) in [5, 5.41) is 2.91. The number of nitrogens with zero attached hydrogens (tertiary/aromatic N) is 3. The third kappa shape index (κ3) is 6.01. The van der Waals surface area contributed by atoms with Crippen LogP contribution in [-0.2, 0) is 17.6 Å². The first-order valence-electron chi connectivity index (χ1n) is 12.9. The maximum atomic E-state index is 13.1. The Morgan fingerprint density at radius 1 is 0.861 bits per heavy atom. The van der Waals surface area contributed by atoms with Crippen molar-refractivity contribution in [1.82, 2.24) is 14.8 Å². The summed E-state index contributed by atoms with van der Waals surface area (Å²) in [6.07, 6.45) is 5.13. The Balaban J connectivity index is 1.09. The zero-order valence-corrected chi connectivity index (χ0v) is 21.3. The third-order valence-corrected chi connectivity index (χ3v) is 8.48. The Bertz CT molecular complexity index is 1160. The maximum absolute atomic E-state index is 13.1. The van der Waals surface area contributed by atoms with E-state index in [-0.39, 0.29) is 23.5 Å². The summed E-state index contributed by atoms with van der Waals surface area (Å²) < 4.78 is 13.1. The highest BCUT2D eigenvalue weighted by atomic mass is 32.1. The molecule has 2 saturated heterocycles. The number of aromatic nitrogens is 1. The summed E-state index contributed by atoms with van der Waals surface area (Å²) in [7, 11) is 0. The highest BCUT2D eigenvalue weighted by Crippen LogP contribution is 2.31. The summed E-state index contributed by atoms with van der Waals surface area (Å²) in [5.74, 6) is 0.732. The Kier molecular flexibility index (Phi) is 7.75. The van der Waals surface area contributed by atoms with Gasteiger partial charge in [-0.3, -0.25) is 9.59 Å². The molecule has 0 N–H and O–H groups in total. The highest BCUT2D eigenvalue weighted by Gasteiger charge is 2.29. The van der Waals surface area contributed by atoms with E-state index in [1.807, 2.05) is 21.2 Å². The fourth-order valence-electron chi connectivity index (χ4n) is 5.29. The minimum atomic E-state index is -0.291. The van der Waals surface area contributed by atoms with Crippen LogP contribution in [-0.4, -0.2) is 52.8 Å². The summed E-state index contributed by atoms with van der Waals surface area (Å²) in [6.45, 7) is 2.94. The number of thiazole rings is 1. The molecule has 2 aliphatic heterocycles. The van der Waals surface area contributed by atoms with E-state index in [4.69, 9.17) is 4.98 Å². The molecule has 7 heteroatoms. The number of rotatable bonds is 6. The Morgan fingerprint density at radius 3 is 2.22 bits per heavy atom. The van der Waals surface area contributed by atoms with Crippen LogP contribution in [0.15, 0.2) is 60.0 Å². The molecule has 3 heterocycles. The number of carbonyl (C=O) groups is 2. The van der Waals surface area contributed by atoms with Crippen LogP contribution in [0, 0.1) is 11.7 Å². The SMILES string of the molecule is O=C(Cc1ccc(F)cc1)N1CCC(c2nc(C(=O)N3CCC(Cc4ccccc4)CC3)cs2)CC1. The predicted molar refractivity (Wildman–Crippen MR) is 140 cm³/mol. The van der Waals surface area contributed by atoms with E-state index in [2.05, 4.69) is 24.3 Å². The van der Waals surface area contributed by atoms with Crippen molar-refractivity contribution in [2.75, 3.05) is 26.2 Å². The van der Waals surface area contributed by atoms with Crippen LogP contribution in [0.2, 0.25) is 0 Å². The summed E-state index contributed by atoms with van der Waals surface area (Å²) >= 11 is 1.57. The van der Waals surface area contributed by atoms with Gasteiger partial charge in [-0.05, 0) is 61.3 Å². The zero-order chi connectivity index (χ0) is 24.9. The van der Waals surface area contributed by atoms with Gasteiger partial charge in [0.2, 0.25) is 5.91 Å². The summed E-state index contributed by atoms with van der Waals surface area (Å²) in [6, 6.07) is 16.7. The third-order valence-electron chi connectivity index (χ3n) is 7.48. The van der Waals surface area contributed by atoms with Gasteiger partial charge in [0.1, 0.15) is 11.5 Å². The maximum Gasteiger partial charge on any atom is 0.273 e. The fourth-order valence-corrected chi connectivity index (χ4v) is 6.25. The molecule has 0 unspecified atom stereocenters. The molecule has 1 aromatic heterocycles. The van der Waals surface area contributed by atoms with Crippen molar-refractivity contribution in [3.63, 3.8) is 0 Å². The second kappa shape index (κ2) is 11.3. The van der Waals surface area contributed by atoms with Crippen molar-refractivity contribution in [2.24, 2.45) is 5.92 Å². The Morgan fingerprint density at radius 2 is 1.53 bits per heavy atom. The molecular weight excluding hydrogens is 473 g/mol. The standard InChI is InChI=1S/C29H32FN3O2S/c30-25-8-6-22(7-9-25)19-27(34)32-16-12-24(13-17-32)28-31-26(20-36-28)29(35)33-14-10-23(11-15-33)18-21-4-2-1-3-5-21/h1-9,20,23-24H,10-19H2. The van der Waals surface area contributed by atoms with Crippen molar-refractivity contribution in [3.8, 4) is 0 Å². The number of amides is 2. The molecule has 36 heavy (non-hydrogen) atoms. The number of piperidine rings is 2. The average Bonchev–Trinajstić information content (AvgIpc) is 3.41. The van der Waals surface area contributed by atoms with Crippen molar-refractivity contribution in [3.05, 3.63) is 87.6 Å². The van der Waals surface area contributed by atoms with Gasteiger partial charge in [0.15, 0.2) is 0 Å². The summed E-state index contributed by atoms with van der Waals surface area (Å²) in [4.78, 5) is 34.3. The van der Waals surface area contributed by atoms with Gasteiger partial charge in [-0.2, -0.15) is 0 Å². The van der Waals surface area contributed by atoms with E-state index in [1.165, 1.54) is 17.7 Å². The van der Waals surface area contributed by atoms with Crippen molar-refractivity contribution in [1.29, 1.82) is 0 Å². The average molecular weight is 506 g/mol. The smallest absolute Gasteiger partial charge is 0.273 e. The van der Waals surface area contributed by atoms with E-state index >= 15 is 0 Å². The predicted octanol–water partition coefficient (Wildman–Crippen LogP) is 5.33. The first kappa shape index (κ1) is 24.6. The molecule has 0 radical (unpaired) electrons. The second-order valence-electron chi connectivity index (χ2n) is 9.95. The molecular formula is C29H32FN3O2S. The van der Waals surface area contributed by atoms with Gasteiger partial charge in [-0.1, -0.05) is 42.5 Å². The van der Waals surface area contributed by atoms with Crippen LogP contribution in [0.4, 0.5) is 4.39 Å². The largest absolute Gasteiger partial charge is 0.342 e. The first-order chi connectivity index (χ1) is 17.5. The number of hydrogen-bond acceptors (Lipinski definition) is 4. The van der Waals surface area contributed by atoms with Crippen molar-refractivity contribution < 1.29 is 14.0 Å². The first-order valence-corrected chi connectivity index (χ1v) is 13.7. The van der Waals surface area contributed by atoms with E-state index in [1.54, 1.807) is 23.5 Å². The van der Waals surface area contributed by atoms with Crippen LogP contribution in [0.1, 0.15) is 58.2 Å². The molecule has 3 aromatic rings. The van der Waals surface area contributed by atoms with Gasteiger partial charge in [-0.15, -0.1) is 11.3 Å². The van der Waals surface area contributed by atoms with Crippen molar-refractivity contribution >= 4 is 23.2 Å². The molecule has 2 fully saturated rings. The molecule has 0 aliphatic carbocycles. The van der Waals surface area contributed by atoms with E-state index in [0.29, 0.717) is 31.1 Å². The lowest BCUT2D eigenvalue weighted by Crippen LogP contribution is -2.39. The minimum Gasteiger partial charge on any atom is -0.342 e. The van der Waals surface area contributed by atoms with Crippen molar-refractivity contribution in [2.45, 2.75) is 44.4 Å². The van der Waals surface area contributed by atoms with Gasteiger partial charge in [0.05, 0.1) is 11.4 Å². The Labute approximate surface area is 216 Å². The van der Waals surface area contributed by atoms with Gasteiger partial charge < -0.3 is 9.80 Å². The molecule has 0 saturated carbocycles. The molecule has 0 spiro atoms. The second-order valence-corrected chi connectivity index (χ2v) is 10.8. The number of carbonyl (C=O) groups excluding carboxylic acids is 2. The molecule has 2 amide bonds. The monoisotopic (exact) mass is 505 g/mol. The molecule has 5 rings (SSSR count). The lowest BCUT2D eigenvalue weighted by Gasteiger charge is -2.32. The van der Waals surface area contributed by atoms with Crippen LogP contribution < -0.4 is 0 Å². The lowest BCUT2D eigenvalue weighted by molar-refractivity contribution is -0.131. The van der Waals surface area contributed by atoms with E-state index < -0.39 is 0 Å². The van der Waals surface area contributed by atoms with Gasteiger partial charge in [0, 0.05) is 37.5 Å². The lowest BCUT2D eigenvalue weighted by atomic mass is 9.90. The molecule has 0 bridgehead atoms. The number of halogens is 1.